The Morgan fingerprint density at radius 1 is 1.18 bits per heavy atom. The monoisotopic (exact) mass is 496 g/mol. The SMILES string of the molecule is COc1cc(F)c(-n2c(=O)cc(C(F)(F)F)n(C)c2=O)cc1C(=O)NS(=O)(=O)N(C)C(C)C. The van der Waals surface area contributed by atoms with Crippen LogP contribution in [0.1, 0.15) is 29.9 Å². The highest BCUT2D eigenvalue weighted by atomic mass is 32.2. The van der Waals surface area contributed by atoms with E-state index in [1.54, 1.807) is 4.72 Å². The summed E-state index contributed by atoms with van der Waals surface area (Å²) >= 11 is 0. The van der Waals surface area contributed by atoms with Crippen LogP contribution in [-0.4, -0.2) is 48.0 Å². The molecule has 0 aliphatic heterocycles. The third-order valence-corrected chi connectivity index (χ3v) is 6.32. The van der Waals surface area contributed by atoms with Crippen LogP contribution in [-0.2, 0) is 23.4 Å². The van der Waals surface area contributed by atoms with Crippen molar-refractivity contribution in [3.05, 3.63) is 56.1 Å². The second kappa shape index (κ2) is 8.97. The van der Waals surface area contributed by atoms with Crippen molar-refractivity contribution in [1.29, 1.82) is 0 Å². The minimum Gasteiger partial charge on any atom is -0.496 e. The van der Waals surface area contributed by atoms with Crippen LogP contribution in [0.15, 0.2) is 27.8 Å². The van der Waals surface area contributed by atoms with Gasteiger partial charge in [-0.05, 0) is 19.9 Å². The average Bonchev–Trinajstić information content (AvgIpc) is 2.69. The van der Waals surface area contributed by atoms with E-state index in [9.17, 15) is 40.4 Å². The molecule has 1 heterocycles. The second-order valence-electron chi connectivity index (χ2n) is 7.09. The molecule has 2 aromatic rings. The molecule has 1 amide bonds. The topological polar surface area (TPSA) is 120 Å². The lowest BCUT2D eigenvalue weighted by Crippen LogP contribution is -2.44. The Bertz CT molecular complexity index is 1310. The number of amides is 1. The number of nitrogens with zero attached hydrogens (tertiary/aromatic N) is 3. The average molecular weight is 496 g/mol. The zero-order valence-corrected chi connectivity index (χ0v) is 18.8. The summed E-state index contributed by atoms with van der Waals surface area (Å²) in [5.41, 5.74) is -6.10. The molecular formula is C18H20F4N4O6S. The van der Waals surface area contributed by atoms with Crippen molar-refractivity contribution in [1.82, 2.24) is 18.2 Å². The van der Waals surface area contributed by atoms with E-state index in [1.807, 2.05) is 0 Å². The molecule has 33 heavy (non-hydrogen) atoms. The zero-order chi connectivity index (χ0) is 25.5. The summed E-state index contributed by atoms with van der Waals surface area (Å²) in [5.74, 6) is -3.03. The molecule has 0 atom stereocenters. The Labute approximate surface area is 185 Å². The van der Waals surface area contributed by atoms with Crippen molar-refractivity contribution in [3.8, 4) is 11.4 Å². The molecule has 182 valence electrons. The molecule has 0 spiro atoms. The van der Waals surface area contributed by atoms with Crippen LogP contribution in [0.2, 0.25) is 0 Å². The third kappa shape index (κ3) is 5.08. The van der Waals surface area contributed by atoms with Gasteiger partial charge < -0.3 is 4.74 Å². The quantitative estimate of drug-likeness (QED) is 0.597. The molecule has 0 saturated carbocycles. The van der Waals surface area contributed by atoms with Gasteiger partial charge in [0.1, 0.15) is 11.4 Å². The van der Waals surface area contributed by atoms with Crippen molar-refractivity contribution in [2.24, 2.45) is 7.05 Å². The molecule has 0 fully saturated rings. The van der Waals surface area contributed by atoms with Gasteiger partial charge in [0.2, 0.25) is 0 Å². The van der Waals surface area contributed by atoms with E-state index in [0.29, 0.717) is 12.1 Å². The van der Waals surface area contributed by atoms with Crippen LogP contribution in [0.4, 0.5) is 17.6 Å². The molecule has 0 radical (unpaired) electrons. The van der Waals surface area contributed by atoms with Gasteiger partial charge in [0.15, 0.2) is 5.82 Å². The van der Waals surface area contributed by atoms with Gasteiger partial charge in [0, 0.05) is 32.3 Å². The Balaban J connectivity index is 2.72. The number of nitrogens with one attached hydrogen (secondary N) is 1. The maximum atomic E-state index is 14.7. The summed E-state index contributed by atoms with van der Waals surface area (Å²) < 4.78 is 86.1. The molecule has 0 unspecified atom stereocenters. The fourth-order valence-corrected chi connectivity index (χ4v) is 3.75. The van der Waals surface area contributed by atoms with Gasteiger partial charge in [-0.25, -0.2) is 18.5 Å². The van der Waals surface area contributed by atoms with E-state index in [-0.39, 0.29) is 15.2 Å². The van der Waals surface area contributed by atoms with Gasteiger partial charge in [-0.3, -0.25) is 14.2 Å². The molecule has 1 aromatic carbocycles. The molecule has 2 rings (SSSR count). The van der Waals surface area contributed by atoms with E-state index in [0.717, 1.165) is 18.5 Å². The number of carbonyl (C=O) groups is 1. The molecule has 0 aliphatic rings. The van der Waals surface area contributed by atoms with Crippen LogP contribution in [0, 0.1) is 5.82 Å². The Morgan fingerprint density at radius 3 is 2.24 bits per heavy atom. The van der Waals surface area contributed by atoms with Crippen molar-refractivity contribution in [3.63, 3.8) is 0 Å². The lowest BCUT2D eigenvalue weighted by Gasteiger charge is -2.21. The van der Waals surface area contributed by atoms with E-state index in [4.69, 9.17) is 4.74 Å². The first-order valence-corrected chi connectivity index (χ1v) is 10.5. The number of hydrogen-bond donors (Lipinski definition) is 1. The fraction of sp³-hybridized carbons (Fsp3) is 0.389. The molecule has 0 aliphatic carbocycles. The first-order chi connectivity index (χ1) is 15.0. The highest BCUT2D eigenvalue weighted by Crippen LogP contribution is 2.28. The standard InChI is InChI=1S/C18H20F4N4O6S/c1-9(2)25(4)33(30,31)23-16(28)10-6-12(11(19)7-13(10)32-5)26-15(27)8-14(18(20,21)22)24(3)17(26)29/h6-9H,1-5H3,(H,23,28). The van der Waals surface area contributed by atoms with Gasteiger partial charge in [0.25, 0.3) is 11.5 Å². The van der Waals surface area contributed by atoms with Gasteiger partial charge in [-0.1, -0.05) is 0 Å². The number of ether oxygens (including phenoxy) is 1. The minimum atomic E-state index is -5.04. The summed E-state index contributed by atoms with van der Waals surface area (Å²) in [7, 11) is -1.37. The maximum Gasteiger partial charge on any atom is 0.431 e. The smallest absolute Gasteiger partial charge is 0.431 e. The van der Waals surface area contributed by atoms with Gasteiger partial charge in [-0.15, -0.1) is 0 Å². The Morgan fingerprint density at radius 2 is 1.76 bits per heavy atom. The number of benzene rings is 1. The number of hydrogen-bond acceptors (Lipinski definition) is 6. The summed E-state index contributed by atoms with van der Waals surface area (Å²) in [4.78, 5) is 37.4. The summed E-state index contributed by atoms with van der Waals surface area (Å²) in [6.07, 6.45) is -5.04. The van der Waals surface area contributed by atoms with Crippen LogP contribution in [0.5, 0.6) is 5.75 Å². The highest BCUT2D eigenvalue weighted by molar-refractivity contribution is 7.87. The van der Waals surface area contributed by atoms with Crippen molar-refractivity contribution in [2.45, 2.75) is 26.1 Å². The van der Waals surface area contributed by atoms with Crippen LogP contribution < -0.4 is 20.7 Å². The molecule has 1 aromatic heterocycles. The Kier molecular flexibility index (Phi) is 7.09. The predicted molar refractivity (Wildman–Crippen MR) is 108 cm³/mol. The van der Waals surface area contributed by atoms with E-state index in [2.05, 4.69) is 0 Å². The van der Waals surface area contributed by atoms with Crippen LogP contribution in [0.3, 0.4) is 0 Å². The second-order valence-corrected chi connectivity index (χ2v) is 8.82. The highest BCUT2D eigenvalue weighted by Gasteiger charge is 2.35. The largest absolute Gasteiger partial charge is 0.496 e. The summed E-state index contributed by atoms with van der Waals surface area (Å²) in [6.45, 7) is 3.07. The van der Waals surface area contributed by atoms with Crippen molar-refractivity contribution >= 4 is 16.1 Å². The number of alkyl halides is 3. The maximum absolute atomic E-state index is 14.7. The summed E-state index contributed by atoms with van der Waals surface area (Å²) in [5, 5.41) is 0. The number of aromatic nitrogens is 2. The number of methoxy groups -OCH3 is 1. The van der Waals surface area contributed by atoms with Crippen LogP contribution in [0.25, 0.3) is 5.69 Å². The number of halogens is 4. The lowest BCUT2D eigenvalue weighted by atomic mass is 10.1. The van der Waals surface area contributed by atoms with E-state index in [1.165, 1.54) is 20.9 Å². The van der Waals surface area contributed by atoms with Crippen LogP contribution >= 0.6 is 0 Å². The van der Waals surface area contributed by atoms with E-state index < -0.39 is 68.1 Å². The predicted octanol–water partition coefficient (Wildman–Crippen LogP) is 1.02. The van der Waals surface area contributed by atoms with E-state index >= 15 is 0 Å². The molecule has 0 bridgehead atoms. The number of carbonyl (C=O) groups excluding carboxylic acids is 1. The van der Waals surface area contributed by atoms with Crippen molar-refractivity contribution < 1.29 is 35.5 Å². The first-order valence-electron chi connectivity index (χ1n) is 9.11. The molecule has 0 saturated heterocycles. The summed E-state index contributed by atoms with van der Waals surface area (Å²) in [6, 6.07) is 0.777. The Hall–Kier alpha value is -3.20. The normalized spacial score (nSPS) is 12.3. The molecular weight excluding hydrogens is 476 g/mol. The van der Waals surface area contributed by atoms with Crippen molar-refractivity contribution in [2.75, 3.05) is 14.2 Å². The molecule has 1 N–H and O–H groups in total. The minimum absolute atomic E-state index is 0.0789. The van der Waals surface area contributed by atoms with Gasteiger partial charge in [0.05, 0.1) is 18.4 Å². The van der Waals surface area contributed by atoms with Gasteiger partial charge in [-0.2, -0.15) is 25.9 Å². The molecule has 15 heteroatoms. The molecule has 10 nitrogen and oxygen atoms in total. The third-order valence-electron chi connectivity index (χ3n) is 4.69. The fourth-order valence-electron chi connectivity index (χ4n) is 2.70. The zero-order valence-electron chi connectivity index (χ0n) is 18.0. The number of rotatable bonds is 6. The first kappa shape index (κ1) is 26.1. The van der Waals surface area contributed by atoms with Gasteiger partial charge >= 0.3 is 22.1 Å². The lowest BCUT2D eigenvalue weighted by molar-refractivity contribution is -0.144.